The zero-order valence-corrected chi connectivity index (χ0v) is 17.2. The minimum atomic E-state index is -0.391. The molecule has 0 saturated heterocycles. The summed E-state index contributed by atoms with van der Waals surface area (Å²) in [5.41, 5.74) is 3.27. The lowest BCUT2D eigenvalue weighted by molar-refractivity contribution is 0.0601. The Kier molecular flexibility index (Phi) is 6.20. The standard InChI is InChI=1S/C21H20N4O3S/c1-4-16-17(10-22)20(26)25(24-18(16)5-2)11-15-12-29-19(23-15)13-6-8-14(9-7-13)21(27)28-3/h6-9,12H,4-5,11H2,1-3H3. The zero-order chi connectivity index (χ0) is 21.0. The first-order valence-corrected chi connectivity index (χ1v) is 10.1. The number of thiazole rings is 1. The van der Waals surface area contributed by atoms with Gasteiger partial charge in [-0.05, 0) is 30.5 Å². The molecule has 0 saturated carbocycles. The molecule has 3 aromatic rings. The number of nitrogens with zero attached hydrogens (tertiary/aromatic N) is 4. The summed E-state index contributed by atoms with van der Waals surface area (Å²) in [6.07, 6.45) is 1.24. The fourth-order valence-electron chi connectivity index (χ4n) is 3.07. The lowest BCUT2D eigenvalue weighted by atomic mass is 10.0. The fraction of sp³-hybridized carbons (Fsp3) is 0.286. The second kappa shape index (κ2) is 8.80. The molecule has 0 spiro atoms. The van der Waals surface area contributed by atoms with Gasteiger partial charge in [-0.25, -0.2) is 14.5 Å². The van der Waals surface area contributed by atoms with E-state index in [4.69, 9.17) is 4.74 Å². The van der Waals surface area contributed by atoms with Crippen LogP contribution in [-0.2, 0) is 24.1 Å². The highest BCUT2D eigenvalue weighted by molar-refractivity contribution is 7.13. The molecule has 0 aliphatic carbocycles. The second-order valence-corrected chi connectivity index (χ2v) is 7.15. The third-order valence-corrected chi connectivity index (χ3v) is 5.50. The van der Waals surface area contributed by atoms with E-state index in [2.05, 4.69) is 10.1 Å². The summed E-state index contributed by atoms with van der Waals surface area (Å²) in [4.78, 5) is 28.8. The molecule has 2 aromatic heterocycles. The molecule has 0 aliphatic heterocycles. The third kappa shape index (κ3) is 4.10. The summed E-state index contributed by atoms with van der Waals surface area (Å²) in [7, 11) is 1.34. The summed E-state index contributed by atoms with van der Waals surface area (Å²) in [5, 5.41) is 16.5. The Hall–Kier alpha value is -3.31. The Bertz CT molecular complexity index is 1140. The quantitative estimate of drug-likeness (QED) is 0.581. The molecule has 0 fully saturated rings. The van der Waals surface area contributed by atoms with E-state index in [9.17, 15) is 14.9 Å². The minimum Gasteiger partial charge on any atom is -0.465 e. The van der Waals surface area contributed by atoms with E-state index in [1.165, 1.54) is 23.1 Å². The summed E-state index contributed by atoms with van der Waals surface area (Å²) in [5.74, 6) is -0.391. The number of nitriles is 1. The Balaban J connectivity index is 1.90. The normalized spacial score (nSPS) is 10.6. The number of carbonyl (C=O) groups is 1. The molecule has 0 unspecified atom stereocenters. The molecular weight excluding hydrogens is 388 g/mol. The predicted octanol–water partition coefficient (Wildman–Crippen LogP) is 3.20. The van der Waals surface area contributed by atoms with Crippen LogP contribution in [0.4, 0.5) is 0 Å². The number of aromatic nitrogens is 3. The number of aryl methyl sites for hydroxylation is 1. The minimum absolute atomic E-state index is 0.160. The maximum absolute atomic E-state index is 12.7. The highest BCUT2D eigenvalue weighted by Gasteiger charge is 2.16. The van der Waals surface area contributed by atoms with Crippen molar-refractivity contribution in [2.75, 3.05) is 7.11 Å². The van der Waals surface area contributed by atoms with Gasteiger partial charge in [-0.15, -0.1) is 11.3 Å². The maximum Gasteiger partial charge on any atom is 0.337 e. The average molecular weight is 408 g/mol. The Morgan fingerprint density at radius 3 is 2.55 bits per heavy atom. The van der Waals surface area contributed by atoms with Crippen molar-refractivity contribution in [3.8, 4) is 16.6 Å². The van der Waals surface area contributed by atoms with Crippen molar-refractivity contribution in [1.82, 2.24) is 14.8 Å². The number of methoxy groups -OCH3 is 1. The molecule has 29 heavy (non-hydrogen) atoms. The van der Waals surface area contributed by atoms with Crippen molar-refractivity contribution < 1.29 is 9.53 Å². The van der Waals surface area contributed by atoms with Crippen LogP contribution in [0.15, 0.2) is 34.4 Å². The largest absolute Gasteiger partial charge is 0.465 e. The van der Waals surface area contributed by atoms with E-state index in [1.807, 2.05) is 25.3 Å². The van der Waals surface area contributed by atoms with Crippen LogP contribution in [0, 0.1) is 11.3 Å². The van der Waals surface area contributed by atoms with Gasteiger partial charge in [-0.3, -0.25) is 4.79 Å². The Labute approximate surface area is 172 Å². The predicted molar refractivity (Wildman–Crippen MR) is 110 cm³/mol. The molecule has 7 nitrogen and oxygen atoms in total. The summed E-state index contributed by atoms with van der Waals surface area (Å²) >= 11 is 1.44. The summed E-state index contributed by atoms with van der Waals surface area (Å²) in [6.45, 7) is 4.07. The molecule has 0 bridgehead atoms. The smallest absolute Gasteiger partial charge is 0.337 e. The number of ether oxygens (including phenoxy) is 1. The van der Waals surface area contributed by atoms with Crippen LogP contribution in [0.2, 0.25) is 0 Å². The van der Waals surface area contributed by atoms with Crippen molar-refractivity contribution in [1.29, 1.82) is 5.26 Å². The van der Waals surface area contributed by atoms with Gasteiger partial charge in [0.15, 0.2) is 0 Å². The van der Waals surface area contributed by atoms with Crippen LogP contribution >= 0.6 is 11.3 Å². The highest BCUT2D eigenvalue weighted by Crippen LogP contribution is 2.24. The van der Waals surface area contributed by atoms with Gasteiger partial charge in [0.05, 0.1) is 30.6 Å². The lowest BCUT2D eigenvalue weighted by Crippen LogP contribution is -2.29. The summed E-state index contributed by atoms with van der Waals surface area (Å²) in [6, 6.07) is 9.01. The van der Waals surface area contributed by atoms with Crippen molar-refractivity contribution in [2.45, 2.75) is 33.2 Å². The molecule has 148 valence electrons. The number of hydrogen-bond acceptors (Lipinski definition) is 7. The van der Waals surface area contributed by atoms with Gasteiger partial charge in [-0.2, -0.15) is 10.4 Å². The van der Waals surface area contributed by atoms with Gasteiger partial charge in [0.1, 0.15) is 16.6 Å². The van der Waals surface area contributed by atoms with E-state index >= 15 is 0 Å². The van der Waals surface area contributed by atoms with Crippen LogP contribution in [0.5, 0.6) is 0 Å². The number of benzene rings is 1. The van der Waals surface area contributed by atoms with Gasteiger partial charge in [0.25, 0.3) is 5.56 Å². The topological polar surface area (TPSA) is 97.9 Å². The van der Waals surface area contributed by atoms with Gasteiger partial charge in [0.2, 0.25) is 0 Å². The van der Waals surface area contributed by atoms with Crippen molar-refractivity contribution >= 4 is 17.3 Å². The van der Waals surface area contributed by atoms with Gasteiger partial charge < -0.3 is 4.74 Å². The molecule has 0 aliphatic rings. The molecule has 0 amide bonds. The molecular formula is C21H20N4O3S. The van der Waals surface area contributed by atoms with E-state index < -0.39 is 11.5 Å². The number of rotatable bonds is 6. The fourth-order valence-corrected chi connectivity index (χ4v) is 3.89. The maximum atomic E-state index is 12.7. The van der Waals surface area contributed by atoms with Crippen molar-refractivity contribution in [2.24, 2.45) is 0 Å². The lowest BCUT2D eigenvalue weighted by Gasteiger charge is -2.11. The van der Waals surface area contributed by atoms with Gasteiger partial charge in [-0.1, -0.05) is 26.0 Å². The van der Waals surface area contributed by atoms with E-state index in [0.717, 1.165) is 21.8 Å². The van der Waals surface area contributed by atoms with Crippen molar-refractivity contribution in [3.05, 3.63) is 68.1 Å². The van der Waals surface area contributed by atoms with Crippen LogP contribution in [0.3, 0.4) is 0 Å². The third-order valence-electron chi connectivity index (χ3n) is 4.56. The molecule has 3 rings (SSSR count). The van der Waals surface area contributed by atoms with Crippen LogP contribution in [0.1, 0.15) is 46.7 Å². The number of esters is 1. The average Bonchev–Trinajstić information content (AvgIpc) is 3.22. The Morgan fingerprint density at radius 1 is 1.24 bits per heavy atom. The van der Waals surface area contributed by atoms with Crippen LogP contribution in [0.25, 0.3) is 10.6 Å². The van der Waals surface area contributed by atoms with Crippen molar-refractivity contribution in [3.63, 3.8) is 0 Å². The number of carbonyl (C=O) groups excluding carboxylic acids is 1. The first-order chi connectivity index (χ1) is 14.0. The molecule has 8 heteroatoms. The van der Waals surface area contributed by atoms with Gasteiger partial charge >= 0.3 is 5.97 Å². The first-order valence-electron chi connectivity index (χ1n) is 9.18. The molecule has 2 heterocycles. The highest BCUT2D eigenvalue weighted by atomic mass is 32.1. The summed E-state index contributed by atoms with van der Waals surface area (Å²) < 4.78 is 6.02. The molecule has 0 radical (unpaired) electrons. The van der Waals surface area contributed by atoms with Gasteiger partial charge in [0, 0.05) is 10.9 Å². The Morgan fingerprint density at radius 2 is 1.97 bits per heavy atom. The number of hydrogen-bond donors (Lipinski definition) is 0. The molecule has 0 atom stereocenters. The van der Waals surface area contributed by atoms with Crippen LogP contribution in [-0.4, -0.2) is 27.8 Å². The molecule has 1 aromatic carbocycles. The molecule has 0 N–H and O–H groups in total. The zero-order valence-electron chi connectivity index (χ0n) is 16.4. The van der Waals surface area contributed by atoms with E-state index in [-0.39, 0.29) is 12.1 Å². The van der Waals surface area contributed by atoms with E-state index in [1.54, 1.807) is 24.3 Å². The van der Waals surface area contributed by atoms with Crippen LogP contribution < -0.4 is 5.56 Å². The monoisotopic (exact) mass is 408 g/mol. The SMILES string of the molecule is CCc1nn(Cc2csc(-c3ccc(C(=O)OC)cc3)n2)c(=O)c(C#N)c1CC. The second-order valence-electron chi connectivity index (χ2n) is 6.29. The first kappa shape index (κ1) is 20.4. The van der Waals surface area contributed by atoms with E-state index in [0.29, 0.717) is 24.1 Å².